The number of piperidine rings is 1. The lowest BCUT2D eigenvalue weighted by atomic mass is 10.0. The van der Waals surface area contributed by atoms with Gasteiger partial charge in [0.05, 0.1) is 5.69 Å². The van der Waals surface area contributed by atoms with Crippen molar-refractivity contribution in [2.24, 2.45) is 4.99 Å². The van der Waals surface area contributed by atoms with Gasteiger partial charge in [-0.05, 0) is 31.7 Å². The number of aromatic nitrogens is 1. The minimum absolute atomic E-state index is 0. The van der Waals surface area contributed by atoms with E-state index in [-0.39, 0.29) is 24.0 Å². The smallest absolute Gasteiger partial charge is 0.191 e. The molecule has 1 aromatic heterocycles. The van der Waals surface area contributed by atoms with Crippen LogP contribution in [0, 0.1) is 0 Å². The van der Waals surface area contributed by atoms with Crippen LogP contribution in [0.3, 0.4) is 0 Å². The van der Waals surface area contributed by atoms with Crippen LogP contribution >= 0.6 is 24.0 Å². The highest BCUT2D eigenvalue weighted by Gasteiger charge is 2.20. The number of hydrogen-bond donors (Lipinski definition) is 2. The van der Waals surface area contributed by atoms with Crippen molar-refractivity contribution in [3.8, 4) is 0 Å². The Bertz CT molecular complexity index is 711. The Balaban J connectivity index is 0.00000280. The molecule has 0 atom stereocenters. The van der Waals surface area contributed by atoms with E-state index in [9.17, 15) is 0 Å². The molecule has 6 nitrogen and oxygen atoms in total. The molecule has 1 aliphatic rings. The Morgan fingerprint density at radius 1 is 1.21 bits per heavy atom. The lowest BCUT2D eigenvalue weighted by molar-refractivity contribution is 0.198. The molecule has 3 rings (SSSR count). The van der Waals surface area contributed by atoms with Gasteiger partial charge in [-0.25, -0.2) is 4.99 Å². The van der Waals surface area contributed by atoms with E-state index in [1.54, 1.807) is 0 Å². The van der Waals surface area contributed by atoms with Gasteiger partial charge in [-0.1, -0.05) is 42.4 Å². The number of guanidine groups is 1. The van der Waals surface area contributed by atoms with Crippen LogP contribution in [0.5, 0.6) is 0 Å². The van der Waals surface area contributed by atoms with Gasteiger partial charge < -0.3 is 15.2 Å². The number of hydrogen-bond acceptors (Lipinski definition) is 4. The van der Waals surface area contributed by atoms with E-state index >= 15 is 0 Å². The van der Waals surface area contributed by atoms with Crippen molar-refractivity contribution in [2.45, 2.75) is 52.2 Å². The Hall–Kier alpha value is -1.61. The van der Waals surface area contributed by atoms with Crippen LogP contribution in [0.4, 0.5) is 0 Å². The summed E-state index contributed by atoms with van der Waals surface area (Å²) in [6, 6.07) is 13.1. The second-order valence-corrected chi connectivity index (χ2v) is 7.01. The molecular formula is C21H32IN5O. The first-order chi connectivity index (χ1) is 13.3. The Kier molecular flexibility index (Phi) is 9.77. The van der Waals surface area contributed by atoms with E-state index in [1.165, 1.54) is 5.56 Å². The lowest BCUT2D eigenvalue weighted by Gasteiger charge is -2.33. The second kappa shape index (κ2) is 12.1. The molecule has 2 N–H and O–H groups in total. The van der Waals surface area contributed by atoms with Crippen LogP contribution in [0.2, 0.25) is 0 Å². The van der Waals surface area contributed by atoms with Gasteiger partial charge in [0.2, 0.25) is 0 Å². The molecule has 2 heterocycles. The fraction of sp³-hybridized carbons (Fsp3) is 0.524. The van der Waals surface area contributed by atoms with Crippen LogP contribution in [0.25, 0.3) is 0 Å². The lowest BCUT2D eigenvalue weighted by Crippen LogP contribution is -2.48. The van der Waals surface area contributed by atoms with Crippen LogP contribution in [-0.4, -0.2) is 41.7 Å². The first-order valence-corrected chi connectivity index (χ1v) is 10.0. The predicted molar refractivity (Wildman–Crippen MR) is 124 cm³/mol. The van der Waals surface area contributed by atoms with E-state index in [1.807, 2.05) is 6.07 Å². The number of halogens is 1. The van der Waals surface area contributed by atoms with Crippen molar-refractivity contribution in [3.63, 3.8) is 0 Å². The number of likely N-dealkylation sites (tertiary alicyclic amines) is 1. The topological polar surface area (TPSA) is 65.7 Å². The summed E-state index contributed by atoms with van der Waals surface area (Å²) in [5, 5.41) is 10.9. The highest BCUT2D eigenvalue weighted by Crippen LogP contribution is 2.14. The zero-order valence-corrected chi connectivity index (χ0v) is 19.2. The number of aliphatic imine (C=N–C) groups is 1. The van der Waals surface area contributed by atoms with E-state index in [0.29, 0.717) is 12.6 Å². The summed E-state index contributed by atoms with van der Waals surface area (Å²) in [6.45, 7) is 8.75. The highest BCUT2D eigenvalue weighted by molar-refractivity contribution is 14.0. The van der Waals surface area contributed by atoms with Gasteiger partial charge in [0.25, 0.3) is 0 Å². The first kappa shape index (κ1) is 22.7. The summed E-state index contributed by atoms with van der Waals surface area (Å²) in [5.74, 6) is 1.66. The van der Waals surface area contributed by atoms with Crippen molar-refractivity contribution < 1.29 is 4.52 Å². The Labute approximate surface area is 185 Å². The molecule has 2 aromatic rings. The standard InChI is InChI=1S/C21H31N5O.HI/c1-3-18-14-20(27-25-18)15-23-21(22-4-2)24-19-10-12-26(13-11-19)16-17-8-6-5-7-9-17;/h5-9,14,19H,3-4,10-13,15-16H2,1-2H3,(H2,22,23,24);1H. The zero-order valence-electron chi connectivity index (χ0n) is 16.9. The van der Waals surface area contributed by atoms with E-state index < -0.39 is 0 Å². The van der Waals surface area contributed by atoms with Crippen LogP contribution in [0.1, 0.15) is 43.7 Å². The maximum absolute atomic E-state index is 5.33. The number of aryl methyl sites for hydroxylation is 1. The van der Waals surface area contributed by atoms with Crippen molar-refractivity contribution in [1.29, 1.82) is 0 Å². The summed E-state index contributed by atoms with van der Waals surface area (Å²) in [4.78, 5) is 7.19. The van der Waals surface area contributed by atoms with Gasteiger partial charge in [-0.15, -0.1) is 24.0 Å². The third kappa shape index (κ3) is 7.09. The Morgan fingerprint density at radius 2 is 1.96 bits per heavy atom. The van der Waals surface area contributed by atoms with Gasteiger partial charge >= 0.3 is 0 Å². The van der Waals surface area contributed by atoms with Gasteiger partial charge in [-0.3, -0.25) is 4.90 Å². The summed E-state index contributed by atoms with van der Waals surface area (Å²) in [7, 11) is 0. The third-order valence-corrected chi connectivity index (χ3v) is 4.88. The van der Waals surface area contributed by atoms with Crippen molar-refractivity contribution >= 4 is 29.9 Å². The molecule has 1 fully saturated rings. The van der Waals surface area contributed by atoms with Gasteiger partial charge in [0.1, 0.15) is 6.54 Å². The zero-order chi connectivity index (χ0) is 18.9. The van der Waals surface area contributed by atoms with Crippen molar-refractivity contribution in [1.82, 2.24) is 20.7 Å². The van der Waals surface area contributed by atoms with Crippen LogP contribution in [0.15, 0.2) is 45.9 Å². The average molecular weight is 497 g/mol. The molecule has 28 heavy (non-hydrogen) atoms. The maximum Gasteiger partial charge on any atom is 0.191 e. The predicted octanol–water partition coefficient (Wildman–Crippen LogP) is 3.57. The molecule has 1 aliphatic heterocycles. The molecule has 1 aromatic carbocycles. The molecular weight excluding hydrogens is 465 g/mol. The number of nitrogens with zero attached hydrogens (tertiary/aromatic N) is 3. The molecule has 0 bridgehead atoms. The first-order valence-electron chi connectivity index (χ1n) is 10.0. The van der Waals surface area contributed by atoms with Crippen molar-refractivity contribution in [2.75, 3.05) is 19.6 Å². The fourth-order valence-electron chi connectivity index (χ4n) is 3.34. The monoisotopic (exact) mass is 497 g/mol. The van der Waals surface area contributed by atoms with E-state index in [2.05, 4.69) is 69.9 Å². The molecule has 0 unspecified atom stereocenters. The number of rotatable bonds is 7. The highest BCUT2D eigenvalue weighted by atomic mass is 127. The normalized spacial score (nSPS) is 15.9. The second-order valence-electron chi connectivity index (χ2n) is 7.01. The summed E-state index contributed by atoms with van der Waals surface area (Å²) in [6.07, 6.45) is 3.13. The molecule has 0 radical (unpaired) electrons. The van der Waals surface area contributed by atoms with Gasteiger partial charge in [-0.2, -0.15) is 0 Å². The molecule has 154 valence electrons. The van der Waals surface area contributed by atoms with E-state index in [0.717, 1.165) is 62.9 Å². The molecule has 0 aliphatic carbocycles. The van der Waals surface area contributed by atoms with Crippen LogP contribution < -0.4 is 10.6 Å². The molecule has 0 saturated carbocycles. The molecule has 7 heteroatoms. The SMILES string of the molecule is CCNC(=NCc1cc(CC)no1)NC1CCN(Cc2ccccc2)CC1.I. The Morgan fingerprint density at radius 3 is 2.61 bits per heavy atom. The quantitative estimate of drug-likeness (QED) is 0.348. The third-order valence-electron chi connectivity index (χ3n) is 4.88. The number of nitrogens with one attached hydrogen (secondary N) is 2. The van der Waals surface area contributed by atoms with Gasteiger partial charge in [0.15, 0.2) is 11.7 Å². The van der Waals surface area contributed by atoms with Gasteiger partial charge in [0, 0.05) is 38.3 Å². The number of benzene rings is 1. The maximum atomic E-state index is 5.33. The summed E-state index contributed by atoms with van der Waals surface area (Å²) >= 11 is 0. The average Bonchev–Trinajstić information content (AvgIpc) is 3.17. The summed E-state index contributed by atoms with van der Waals surface area (Å²) in [5.41, 5.74) is 2.36. The summed E-state index contributed by atoms with van der Waals surface area (Å²) < 4.78 is 5.33. The molecule has 0 amide bonds. The molecule has 1 saturated heterocycles. The molecule has 0 spiro atoms. The minimum Gasteiger partial charge on any atom is -0.359 e. The van der Waals surface area contributed by atoms with Crippen molar-refractivity contribution in [3.05, 3.63) is 53.4 Å². The van der Waals surface area contributed by atoms with E-state index in [4.69, 9.17) is 4.52 Å². The minimum atomic E-state index is 0. The fourth-order valence-corrected chi connectivity index (χ4v) is 3.34. The van der Waals surface area contributed by atoms with Crippen LogP contribution in [-0.2, 0) is 19.5 Å². The largest absolute Gasteiger partial charge is 0.359 e.